The number of fused-ring (bicyclic) bond motifs is 1. The Balaban J connectivity index is 1.53. The van der Waals surface area contributed by atoms with Crippen LogP contribution >= 0.6 is 0 Å². The summed E-state index contributed by atoms with van der Waals surface area (Å²) in [5, 5.41) is 4.61. The zero-order valence-corrected chi connectivity index (χ0v) is 21.6. The third kappa shape index (κ3) is 5.11. The average Bonchev–Trinajstić information content (AvgIpc) is 2.84. The summed E-state index contributed by atoms with van der Waals surface area (Å²) >= 11 is 0. The largest absolute Gasteiger partial charge is 0.326 e. The Morgan fingerprint density at radius 2 is 1.63 bits per heavy atom. The van der Waals surface area contributed by atoms with E-state index >= 15 is 0 Å². The highest BCUT2D eigenvalue weighted by Gasteiger charge is 2.33. The molecule has 35 heavy (non-hydrogen) atoms. The van der Waals surface area contributed by atoms with Crippen molar-refractivity contribution < 1.29 is 21.6 Å². The zero-order chi connectivity index (χ0) is 25.4. The number of piperidine rings is 1. The molecule has 8 nitrogen and oxygen atoms in total. The van der Waals surface area contributed by atoms with E-state index in [4.69, 9.17) is 0 Å². The summed E-state index contributed by atoms with van der Waals surface area (Å²) < 4.78 is 54.2. The van der Waals surface area contributed by atoms with Crippen molar-refractivity contribution in [2.24, 2.45) is 5.92 Å². The lowest BCUT2D eigenvalue weighted by atomic mass is 9.98. The molecule has 0 radical (unpaired) electrons. The van der Waals surface area contributed by atoms with Crippen molar-refractivity contribution in [3.8, 4) is 0 Å². The predicted octanol–water partition coefficient (Wildman–Crippen LogP) is 3.44. The standard InChI is InChI=1S/C25H29N3O5S2/c1-18-10-12-23(34(30,31)27(2)3)16-24(18)26-25(29)21-9-6-14-28(17-21)35(32,33)22-13-11-19-7-4-5-8-20(19)15-22/h4-5,7-8,10-13,15-16,21H,6,9,14,17H2,1-3H3,(H,26,29)/t21-/m1/s1. The van der Waals surface area contributed by atoms with Gasteiger partial charge in [-0.2, -0.15) is 4.31 Å². The molecule has 10 heteroatoms. The van der Waals surface area contributed by atoms with Crippen LogP contribution in [0.4, 0.5) is 5.69 Å². The molecule has 0 bridgehead atoms. The SMILES string of the molecule is Cc1ccc(S(=O)(=O)N(C)C)cc1NC(=O)[C@@H]1CCCN(S(=O)(=O)c2ccc3ccccc3c2)C1. The Morgan fingerprint density at radius 3 is 2.34 bits per heavy atom. The lowest BCUT2D eigenvalue weighted by Gasteiger charge is -2.31. The number of benzene rings is 3. The van der Waals surface area contributed by atoms with E-state index in [2.05, 4.69) is 5.32 Å². The second-order valence-electron chi connectivity index (χ2n) is 8.96. The number of sulfonamides is 2. The van der Waals surface area contributed by atoms with Gasteiger partial charge < -0.3 is 5.32 Å². The first-order valence-electron chi connectivity index (χ1n) is 11.3. The number of carbonyl (C=O) groups excluding carboxylic acids is 1. The van der Waals surface area contributed by atoms with Crippen molar-refractivity contribution in [3.05, 3.63) is 66.2 Å². The maximum atomic E-state index is 13.4. The molecule has 1 heterocycles. The van der Waals surface area contributed by atoms with E-state index in [1.165, 1.54) is 30.5 Å². The quantitative estimate of drug-likeness (QED) is 0.542. The van der Waals surface area contributed by atoms with Gasteiger partial charge in [0.1, 0.15) is 0 Å². The highest BCUT2D eigenvalue weighted by atomic mass is 32.2. The third-order valence-electron chi connectivity index (χ3n) is 6.36. The monoisotopic (exact) mass is 515 g/mol. The highest BCUT2D eigenvalue weighted by molar-refractivity contribution is 7.89. The molecule has 1 aliphatic heterocycles. The third-order valence-corrected chi connectivity index (χ3v) is 10.0. The van der Waals surface area contributed by atoms with E-state index in [-0.39, 0.29) is 22.2 Å². The zero-order valence-electron chi connectivity index (χ0n) is 19.9. The first-order chi connectivity index (χ1) is 16.5. The van der Waals surface area contributed by atoms with Gasteiger partial charge in [-0.05, 0) is 60.4 Å². The smallest absolute Gasteiger partial charge is 0.243 e. The molecule has 4 rings (SSSR count). The van der Waals surface area contributed by atoms with Gasteiger partial charge in [-0.25, -0.2) is 21.1 Å². The average molecular weight is 516 g/mol. The van der Waals surface area contributed by atoms with Crippen molar-refractivity contribution in [1.82, 2.24) is 8.61 Å². The minimum atomic E-state index is -3.77. The van der Waals surface area contributed by atoms with Crippen LogP contribution in [0.25, 0.3) is 10.8 Å². The van der Waals surface area contributed by atoms with Gasteiger partial charge in [0.25, 0.3) is 0 Å². The van der Waals surface area contributed by atoms with Gasteiger partial charge in [0.05, 0.1) is 15.7 Å². The summed E-state index contributed by atoms with van der Waals surface area (Å²) in [6, 6.07) is 17.2. The maximum Gasteiger partial charge on any atom is 0.243 e. The molecule has 3 aromatic rings. The Morgan fingerprint density at radius 1 is 0.943 bits per heavy atom. The van der Waals surface area contributed by atoms with Gasteiger partial charge in [0.2, 0.25) is 26.0 Å². The fraction of sp³-hybridized carbons (Fsp3) is 0.320. The number of nitrogens with one attached hydrogen (secondary N) is 1. The minimum absolute atomic E-state index is 0.0652. The van der Waals surface area contributed by atoms with E-state index < -0.39 is 26.0 Å². The lowest BCUT2D eigenvalue weighted by Crippen LogP contribution is -2.43. The Kier molecular flexibility index (Phi) is 7.01. The molecule has 0 unspecified atom stereocenters. The minimum Gasteiger partial charge on any atom is -0.326 e. The highest BCUT2D eigenvalue weighted by Crippen LogP contribution is 2.28. The van der Waals surface area contributed by atoms with Crippen LogP contribution in [0.3, 0.4) is 0 Å². The number of anilines is 1. The summed E-state index contributed by atoms with van der Waals surface area (Å²) in [6.07, 6.45) is 1.10. The molecule has 1 amide bonds. The van der Waals surface area contributed by atoms with Gasteiger partial charge in [-0.1, -0.05) is 36.4 Å². The summed E-state index contributed by atoms with van der Waals surface area (Å²) in [6.45, 7) is 2.18. The van der Waals surface area contributed by atoms with Crippen molar-refractivity contribution in [3.63, 3.8) is 0 Å². The number of aryl methyl sites for hydroxylation is 1. The van der Waals surface area contributed by atoms with Crippen molar-refractivity contribution in [2.75, 3.05) is 32.5 Å². The van der Waals surface area contributed by atoms with E-state index in [1.54, 1.807) is 31.2 Å². The summed E-state index contributed by atoms with van der Waals surface area (Å²) in [7, 11) is -4.54. The van der Waals surface area contributed by atoms with Gasteiger partial charge in [-0.3, -0.25) is 4.79 Å². The molecule has 0 aromatic heterocycles. The molecule has 186 valence electrons. The number of hydrogen-bond donors (Lipinski definition) is 1. The first kappa shape index (κ1) is 25.3. The van der Waals surface area contributed by atoms with Crippen molar-refractivity contribution in [2.45, 2.75) is 29.6 Å². The maximum absolute atomic E-state index is 13.4. The predicted molar refractivity (Wildman–Crippen MR) is 136 cm³/mol. The normalized spacial score (nSPS) is 17.5. The molecule has 1 fully saturated rings. The van der Waals surface area contributed by atoms with Crippen LogP contribution in [0.2, 0.25) is 0 Å². The molecule has 1 saturated heterocycles. The molecule has 0 aliphatic carbocycles. The molecule has 3 aromatic carbocycles. The lowest BCUT2D eigenvalue weighted by molar-refractivity contribution is -0.120. The van der Waals surface area contributed by atoms with Gasteiger partial charge in [0.15, 0.2) is 0 Å². The van der Waals surface area contributed by atoms with Crippen LogP contribution in [0.15, 0.2) is 70.5 Å². The van der Waals surface area contributed by atoms with Crippen LogP contribution in [-0.2, 0) is 24.8 Å². The molecule has 1 N–H and O–H groups in total. The molecule has 0 saturated carbocycles. The van der Waals surface area contributed by atoms with Crippen LogP contribution in [0, 0.1) is 12.8 Å². The fourth-order valence-electron chi connectivity index (χ4n) is 4.19. The van der Waals surface area contributed by atoms with E-state index in [0.717, 1.165) is 15.1 Å². The van der Waals surface area contributed by atoms with E-state index in [1.807, 2.05) is 24.3 Å². The number of hydrogen-bond acceptors (Lipinski definition) is 5. The summed E-state index contributed by atoms with van der Waals surface area (Å²) in [4.78, 5) is 13.4. The van der Waals surface area contributed by atoms with Crippen molar-refractivity contribution in [1.29, 1.82) is 0 Å². The molecule has 0 spiro atoms. The summed E-state index contributed by atoms with van der Waals surface area (Å²) in [5.41, 5.74) is 1.11. The van der Waals surface area contributed by atoms with Crippen molar-refractivity contribution >= 4 is 42.4 Å². The number of rotatable bonds is 6. The molecular formula is C25H29N3O5S2. The first-order valence-corrected chi connectivity index (χ1v) is 14.2. The number of nitrogens with zero attached hydrogens (tertiary/aromatic N) is 2. The van der Waals surface area contributed by atoms with Crippen LogP contribution in [0.5, 0.6) is 0 Å². The van der Waals surface area contributed by atoms with Gasteiger partial charge in [-0.15, -0.1) is 0 Å². The Labute approximate surface area is 206 Å². The second-order valence-corrected chi connectivity index (χ2v) is 13.1. The van der Waals surface area contributed by atoms with Gasteiger partial charge in [0, 0.05) is 32.9 Å². The number of carbonyl (C=O) groups is 1. The topological polar surface area (TPSA) is 104 Å². The molecule has 1 atom stereocenters. The summed E-state index contributed by atoms with van der Waals surface area (Å²) in [5.74, 6) is -0.876. The molecular weight excluding hydrogens is 486 g/mol. The van der Waals surface area contributed by atoms with Gasteiger partial charge >= 0.3 is 0 Å². The Hall–Kier alpha value is -2.79. The van der Waals surface area contributed by atoms with Crippen LogP contribution < -0.4 is 5.32 Å². The van der Waals surface area contributed by atoms with Crippen LogP contribution in [0.1, 0.15) is 18.4 Å². The Bertz CT molecular complexity index is 1480. The van der Waals surface area contributed by atoms with E-state index in [0.29, 0.717) is 30.6 Å². The number of amides is 1. The van der Waals surface area contributed by atoms with E-state index in [9.17, 15) is 21.6 Å². The second kappa shape index (κ2) is 9.69. The molecule has 1 aliphatic rings. The van der Waals surface area contributed by atoms with Crippen LogP contribution in [-0.4, -0.2) is 58.5 Å². The fourth-order valence-corrected chi connectivity index (χ4v) is 6.68.